The Bertz CT molecular complexity index is 940. The molecule has 2 aromatic heterocycles. The Hall–Kier alpha value is -3.22. The molecule has 0 aliphatic heterocycles. The lowest BCUT2D eigenvalue weighted by atomic mass is 10.0. The second-order valence-corrected chi connectivity index (χ2v) is 6.07. The van der Waals surface area contributed by atoms with Crippen molar-refractivity contribution in [2.45, 2.75) is 33.8 Å². The standard InChI is InChI=1S/C19H19N3O4/c1-10-16(12(3)23)11(2)21-17(10)18(24)13(4)26-15-7-5-14(6-8-15)19-22-20-9-25-19/h5-9,13,21H,1-4H3/t13-/m1/s1. The summed E-state index contributed by atoms with van der Waals surface area (Å²) >= 11 is 0. The van der Waals surface area contributed by atoms with Crippen LogP contribution in [-0.4, -0.2) is 32.9 Å². The average Bonchev–Trinajstić information content (AvgIpc) is 3.23. The van der Waals surface area contributed by atoms with Gasteiger partial charge in [0.15, 0.2) is 11.9 Å². The van der Waals surface area contributed by atoms with Crippen LogP contribution in [0.25, 0.3) is 11.5 Å². The highest BCUT2D eigenvalue weighted by Gasteiger charge is 2.24. The lowest BCUT2D eigenvalue weighted by Crippen LogP contribution is -2.25. The van der Waals surface area contributed by atoms with Gasteiger partial charge in [-0.3, -0.25) is 9.59 Å². The summed E-state index contributed by atoms with van der Waals surface area (Å²) in [6, 6.07) is 7.02. The van der Waals surface area contributed by atoms with Gasteiger partial charge in [0.25, 0.3) is 0 Å². The van der Waals surface area contributed by atoms with Gasteiger partial charge in [0.1, 0.15) is 5.75 Å². The second-order valence-electron chi connectivity index (χ2n) is 6.07. The number of aromatic amines is 1. The number of carbonyl (C=O) groups excluding carboxylic acids is 2. The minimum absolute atomic E-state index is 0.0690. The molecular formula is C19H19N3O4. The number of hydrogen-bond acceptors (Lipinski definition) is 6. The second kappa shape index (κ2) is 6.95. The van der Waals surface area contributed by atoms with E-state index in [1.807, 2.05) is 0 Å². The molecule has 134 valence electrons. The van der Waals surface area contributed by atoms with Gasteiger partial charge in [-0.15, -0.1) is 10.2 Å². The summed E-state index contributed by atoms with van der Waals surface area (Å²) in [6.45, 7) is 6.71. The highest BCUT2D eigenvalue weighted by atomic mass is 16.5. The van der Waals surface area contributed by atoms with E-state index in [1.54, 1.807) is 45.0 Å². The molecule has 1 N–H and O–H groups in total. The number of ether oxygens (including phenoxy) is 1. The Kier molecular flexibility index (Phi) is 4.71. The topological polar surface area (TPSA) is 98.1 Å². The fourth-order valence-electron chi connectivity index (χ4n) is 2.96. The molecule has 3 rings (SSSR count). The molecule has 2 heterocycles. The quantitative estimate of drug-likeness (QED) is 0.681. The Morgan fingerprint density at radius 3 is 2.42 bits per heavy atom. The number of nitrogens with one attached hydrogen (secondary N) is 1. The van der Waals surface area contributed by atoms with Crippen molar-refractivity contribution in [1.82, 2.24) is 15.2 Å². The van der Waals surface area contributed by atoms with E-state index in [2.05, 4.69) is 15.2 Å². The van der Waals surface area contributed by atoms with Crippen LogP contribution in [0.4, 0.5) is 0 Å². The molecule has 0 amide bonds. The van der Waals surface area contributed by atoms with E-state index < -0.39 is 6.10 Å². The predicted octanol–water partition coefficient (Wildman–Crippen LogP) is 3.53. The van der Waals surface area contributed by atoms with Crippen molar-refractivity contribution in [3.05, 3.63) is 53.2 Å². The van der Waals surface area contributed by atoms with Crippen LogP contribution in [0.5, 0.6) is 5.75 Å². The molecule has 0 aliphatic carbocycles. The third-order valence-electron chi connectivity index (χ3n) is 4.18. The number of rotatable bonds is 6. The number of H-pyrrole nitrogens is 1. The van der Waals surface area contributed by atoms with Crippen molar-refractivity contribution in [2.24, 2.45) is 0 Å². The van der Waals surface area contributed by atoms with Gasteiger partial charge in [0, 0.05) is 16.8 Å². The molecule has 26 heavy (non-hydrogen) atoms. The maximum atomic E-state index is 12.7. The summed E-state index contributed by atoms with van der Waals surface area (Å²) in [5.74, 6) is 0.677. The zero-order valence-electron chi connectivity index (χ0n) is 15.0. The summed E-state index contributed by atoms with van der Waals surface area (Å²) < 4.78 is 10.9. The first-order valence-electron chi connectivity index (χ1n) is 8.16. The van der Waals surface area contributed by atoms with Gasteiger partial charge < -0.3 is 14.1 Å². The molecule has 0 unspecified atom stereocenters. The number of Topliss-reactive ketones (excluding diaryl/α,β-unsaturated/α-hetero) is 2. The van der Waals surface area contributed by atoms with Crippen LogP contribution in [0, 0.1) is 13.8 Å². The van der Waals surface area contributed by atoms with Crippen molar-refractivity contribution in [2.75, 3.05) is 0 Å². The fourth-order valence-corrected chi connectivity index (χ4v) is 2.96. The Morgan fingerprint density at radius 2 is 1.88 bits per heavy atom. The maximum absolute atomic E-state index is 12.7. The molecule has 0 bridgehead atoms. The van der Waals surface area contributed by atoms with E-state index in [-0.39, 0.29) is 11.6 Å². The van der Waals surface area contributed by atoms with Crippen LogP contribution >= 0.6 is 0 Å². The summed E-state index contributed by atoms with van der Waals surface area (Å²) in [5, 5.41) is 7.47. The van der Waals surface area contributed by atoms with Gasteiger partial charge in [-0.05, 0) is 57.5 Å². The molecule has 1 aromatic carbocycles. The third-order valence-corrected chi connectivity index (χ3v) is 4.18. The smallest absolute Gasteiger partial charge is 0.247 e. The number of aromatic nitrogens is 3. The normalized spacial score (nSPS) is 12.0. The minimum Gasteiger partial charge on any atom is -0.483 e. The summed E-state index contributed by atoms with van der Waals surface area (Å²) in [4.78, 5) is 27.5. The molecule has 3 aromatic rings. The Balaban J connectivity index is 1.76. The maximum Gasteiger partial charge on any atom is 0.247 e. The van der Waals surface area contributed by atoms with Gasteiger partial charge in [-0.25, -0.2) is 0 Å². The first-order chi connectivity index (χ1) is 12.4. The molecule has 7 nitrogen and oxygen atoms in total. The number of nitrogens with zero attached hydrogens (tertiary/aromatic N) is 2. The monoisotopic (exact) mass is 353 g/mol. The summed E-state index contributed by atoms with van der Waals surface area (Å²) in [7, 11) is 0. The van der Waals surface area contributed by atoms with Gasteiger partial charge in [0.2, 0.25) is 18.1 Å². The number of benzene rings is 1. The number of hydrogen-bond donors (Lipinski definition) is 1. The van der Waals surface area contributed by atoms with Crippen molar-refractivity contribution in [3.63, 3.8) is 0 Å². The lowest BCUT2D eigenvalue weighted by Gasteiger charge is -2.13. The zero-order valence-corrected chi connectivity index (χ0v) is 15.0. The van der Waals surface area contributed by atoms with E-state index in [0.29, 0.717) is 34.2 Å². The van der Waals surface area contributed by atoms with E-state index in [1.165, 1.54) is 13.3 Å². The van der Waals surface area contributed by atoms with Gasteiger partial charge in [0.05, 0.1) is 5.69 Å². The van der Waals surface area contributed by atoms with E-state index in [4.69, 9.17) is 9.15 Å². The number of ketones is 2. The van der Waals surface area contributed by atoms with Crippen LogP contribution in [0.2, 0.25) is 0 Å². The van der Waals surface area contributed by atoms with Crippen molar-refractivity contribution < 1.29 is 18.7 Å². The molecule has 0 radical (unpaired) electrons. The number of carbonyl (C=O) groups is 2. The molecule has 1 atom stereocenters. The first kappa shape index (κ1) is 17.6. The molecule has 0 saturated heterocycles. The van der Waals surface area contributed by atoms with Crippen LogP contribution in [0.3, 0.4) is 0 Å². The predicted molar refractivity (Wildman–Crippen MR) is 94.4 cm³/mol. The lowest BCUT2D eigenvalue weighted by molar-refractivity contribution is 0.0812. The van der Waals surface area contributed by atoms with Crippen molar-refractivity contribution >= 4 is 11.6 Å². The summed E-state index contributed by atoms with van der Waals surface area (Å²) in [5.41, 5.74) is 3.07. The average molecular weight is 353 g/mol. The molecule has 0 fully saturated rings. The molecule has 0 saturated carbocycles. The minimum atomic E-state index is -0.708. The number of aryl methyl sites for hydroxylation is 1. The van der Waals surface area contributed by atoms with Crippen LogP contribution in [-0.2, 0) is 0 Å². The molecule has 7 heteroatoms. The SMILES string of the molecule is CC(=O)c1c(C)[nH]c(C(=O)[C@@H](C)Oc2ccc(-c3nnco3)cc2)c1C. The van der Waals surface area contributed by atoms with Crippen LogP contribution in [0.1, 0.15) is 46.0 Å². The largest absolute Gasteiger partial charge is 0.483 e. The van der Waals surface area contributed by atoms with E-state index in [0.717, 1.165) is 5.56 Å². The summed E-state index contributed by atoms with van der Waals surface area (Å²) in [6.07, 6.45) is 0.553. The van der Waals surface area contributed by atoms with Gasteiger partial charge in [-0.2, -0.15) is 0 Å². The first-order valence-corrected chi connectivity index (χ1v) is 8.16. The zero-order chi connectivity index (χ0) is 18.8. The van der Waals surface area contributed by atoms with Crippen LogP contribution < -0.4 is 4.74 Å². The van der Waals surface area contributed by atoms with Crippen LogP contribution in [0.15, 0.2) is 35.1 Å². The third kappa shape index (κ3) is 3.28. The Labute approximate surface area is 150 Å². The molecular weight excluding hydrogens is 334 g/mol. The van der Waals surface area contributed by atoms with Crippen molar-refractivity contribution in [3.8, 4) is 17.2 Å². The molecule has 0 aliphatic rings. The van der Waals surface area contributed by atoms with Gasteiger partial charge >= 0.3 is 0 Å². The highest BCUT2D eigenvalue weighted by molar-refractivity contribution is 6.04. The molecule has 0 spiro atoms. The van der Waals surface area contributed by atoms with E-state index in [9.17, 15) is 9.59 Å². The van der Waals surface area contributed by atoms with Gasteiger partial charge in [-0.1, -0.05) is 0 Å². The fraction of sp³-hybridized carbons (Fsp3) is 0.263. The highest BCUT2D eigenvalue weighted by Crippen LogP contribution is 2.23. The van der Waals surface area contributed by atoms with Crippen molar-refractivity contribution in [1.29, 1.82) is 0 Å². The van der Waals surface area contributed by atoms with E-state index >= 15 is 0 Å². The Morgan fingerprint density at radius 1 is 1.19 bits per heavy atom.